The largest absolute Gasteiger partial charge is 0.497 e. The highest BCUT2D eigenvalue weighted by Crippen LogP contribution is 2.38. The van der Waals surface area contributed by atoms with E-state index in [1.54, 1.807) is 26.4 Å². The lowest BCUT2D eigenvalue weighted by atomic mass is 10.0. The summed E-state index contributed by atoms with van der Waals surface area (Å²) in [6, 6.07) is 22.5. The molecule has 5 heteroatoms. The molecule has 0 amide bonds. The second-order valence-electron chi connectivity index (χ2n) is 6.95. The molecule has 0 bridgehead atoms. The highest BCUT2D eigenvalue weighted by atomic mass is 19.1. The van der Waals surface area contributed by atoms with Crippen LogP contribution in [0.5, 0.6) is 11.5 Å². The van der Waals surface area contributed by atoms with Crippen molar-refractivity contribution in [3.63, 3.8) is 0 Å². The molecule has 3 aromatic rings. The average Bonchev–Trinajstić information content (AvgIpc) is 3.11. The Hall–Kier alpha value is -3.34. The van der Waals surface area contributed by atoms with Crippen LogP contribution in [0.3, 0.4) is 0 Å². The molecule has 0 fully saturated rings. The van der Waals surface area contributed by atoms with Crippen molar-refractivity contribution >= 4 is 11.4 Å². The molecule has 4 rings (SSSR count). The van der Waals surface area contributed by atoms with E-state index in [1.807, 2.05) is 48.5 Å². The Morgan fingerprint density at radius 2 is 1.34 bits per heavy atom. The van der Waals surface area contributed by atoms with Crippen LogP contribution in [-0.4, -0.2) is 26.0 Å². The van der Waals surface area contributed by atoms with Crippen molar-refractivity contribution in [1.29, 1.82) is 0 Å². The molecule has 0 spiro atoms. The molecule has 0 radical (unpaired) electrons. The molecule has 2 atom stereocenters. The summed E-state index contributed by atoms with van der Waals surface area (Å²) >= 11 is 0. The maximum absolute atomic E-state index is 13.4. The Labute approximate surface area is 170 Å². The van der Waals surface area contributed by atoms with E-state index in [2.05, 4.69) is 11.8 Å². The first kappa shape index (κ1) is 19.0. The van der Waals surface area contributed by atoms with Gasteiger partial charge in [0.05, 0.1) is 26.0 Å². The molecule has 0 saturated carbocycles. The number of halogens is 1. The van der Waals surface area contributed by atoms with Crippen molar-refractivity contribution in [2.75, 3.05) is 19.1 Å². The molecule has 0 saturated heterocycles. The van der Waals surface area contributed by atoms with Crippen LogP contribution in [0.2, 0.25) is 0 Å². The Morgan fingerprint density at radius 1 is 0.793 bits per heavy atom. The molecular weight excluding hydrogens is 367 g/mol. The van der Waals surface area contributed by atoms with Crippen molar-refractivity contribution in [2.24, 2.45) is 4.99 Å². The summed E-state index contributed by atoms with van der Waals surface area (Å²) in [4.78, 5) is 7.31. The minimum atomic E-state index is -0.251. The van der Waals surface area contributed by atoms with Gasteiger partial charge in [-0.1, -0.05) is 24.3 Å². The van der Waals surface area contributed by atoms with E-state index in [9.17, 15) is 4.39 Å². The number of methoxy groups -OCH3 is 2. The number of hydrogen-bond donors (Lipinski definition) is 0. The van der Waals surface area contributed by atoms with Crippen molar-refractivity contribution < 1.29 is 13.9 Å². The normalized spacial score (nSPS) is 18.5. The fraction of sp³-hybridized carbons (Fsp3) is 0.208. The molecule has 29 heavy (non-hydrogen) atoms. The van der Waals surface area contributed by atoms with E-state index in [0.29, 0.717) is 0 Å². The summed E-state index contributed by atoms with van der Waals surface area (Å²) in [6.07, 6.45) is -0.190. The van der Waals surface area contributed by atoms with Gasteiger partial charge in [-0.15, -0.1) is 0 Å². The zero-order valence-electron chi connectivity index (χ0n) is 16.7. The number of rotatable bonds is 5. The number of hydrogen-bond acceptors (Lipinski definition) is 4. The van der Waals surface area contributed by atoms with Gasteiger partial charge in [-0.05, 0) is 66.6 Å². The number of aliphatic imine (C=N–C) groups is 1. The standard InChI is InChI=1S/C24H23FN2O2/c1-16-23(17-4-8-19(25)9-5-17)26-24(18-6-12-21(28-2)13-7-18)27(16)20-10-14-22(29-3)15-11-20/h4-16,24H,1-3H3. The first-order valence-corrected chi connectivity index (χ1v) is 9.50. The van der Waals surface area contributed by atoms with Gasteiger partial charge in [0.25, 0.3) is 0 Å². The number of ether oxygens (including phenoxy) is 2. The van der Waals surface area contributed by atoms with Gasteiger partial charge in [-0.25, -0.2) is 4.39 Å². The quantitative estimate of drug-likeness (QED) is 0.597. The van der Waals surface area contributed by atoms with Crippen LogP contribution < -0.4 is 14.4 Å². The average molecular weight is 390 g/mol. The number of anilines is 1. The summed E-state index contributed by atoms with van der Waals surface area (Å²) in [7, 11) is 3.31. The predicted octanol–water partition coefficient (Wildman–Crippen LogP) is 5.24. The molecule has 0 aliphatic carbocycles. The van der Waals surface area contributed by atoms with E-state index in [0.717, 1.165) is 34.0 Å². The minimum Gasteiger partial charge on any atom is -0.497 e. The zero-order chi connectivity index (χ0) is 20.4. The Morgan fingerprint density at radius 3 is 1.90 bits per heavy atom. The minimum absolute atomic E-state index is 0.0148. The fourth-order valence-corrected chi connectivity index (χ4v) is 3.71. The molecule has 0 N–H and O–H groups in total. The topological polar surface area (TPSA) is 34.1 Å². The molecule has 0 aromatic heterocycles. The Balaban J connectivity index is 1.77. The number of nitrogens with zero attached hydrogens (tertiary/aromatic N) is 2. The van der Waals surface area contributed by atoms with Crippen LogP contribution in [0.1, 0.15) is 24.2 Å². The Kier molecular flexibility index (Phi) is 5.21. The van der Waals surface area contributed by atoms with E-state index in [-0.39, 0.29) is 18.0 Å². The summed E-state index contributed by atoms with van der Waals surface area (Å²) in [5.74, 6) is 1.36. The van der Waals surface area contributed by atoms with Crippen LogP contribution in [0.15, 0.2) is 77.8 Å². The lowest BCUT2D eigenvalue weighted by molar-refractivity contribution is 0.414. The first-order chi connectivity index (χ1) is 14.1. The Bertz CT molecular complexity index is 999. The van der Waals surface area contributed by atoms with Crippen LogP contribution in [0.4, 0.5) is 10.1 Å². The van der Waals surface area contributed by atoms with Crippen LogP contribution in [-0.2, 0) is 0 Å². The van der Waals surface area contributed by atoms with E-state index in [4.69, 9.17) is 14.5 Å². The molecular formula is C24H23FN2O2. The lowest BCUT2D eigenvalue weighted by Gasteiger charge is -2.30. The van der Waals surface area contributed by atoms with Gasteiger partial charge in [-0.3, -0.25) is 4.99 Å². The highest BCUT2D eigenvalue weighted by Gasteiger charge is 2.35. The van der Waals surface area contributed by atoms with Gasteiger partial charge < -0.3 is 14.4 Å². The highest BCUT2D eigenvalue weighted by molar-refractivity contribution is 6.07. The number of benzene rings is 3. The van der Waals surface area contributed by atoms with Crippen molar-refractivity contribution in [2.45, 2.75) is 19.1 Å². The smallest absolute Gasteiger partial charge is 0.148 e. The molecule has 3 aromatic carbocycles. The second-order valence-corrected chi connectivity index (χ2v) is 6.95. The molecule has 148 valence electrons. The van der Waals surface area contributed by atoms with Crippen LogP contribution in [0, 0.1) is 5.82 Å². The maximum atomic E-state index is 13.4. The van der Waals surface area contributed by atoms with Gasteiger partial charge in [-0.2, -0.15) is 0 Å². The van der Waals surface area contributed by atoms with Crippen molar-refractivity contribution in [3.05, 3.63) is 89.7 Å². The summed E-state index contributed by atoms with van der Waals surface area (Å²) in [5.41, 5.74) is 3.96. The van der Waals surface area contributed by atoms with E-state index in [1.165, 1.54) is 12.1 Å². The monoisotopic (exact) mass is 390 g/mol. The van der Waals surface area contributed by atoms with Gasteiger partial charge in [0.15, 0.2) is 0 Å². The van der Waals surface area contributed by atoms with Crippen molar-refractivity contribution in [3.8, 4) is 11.5 Å². The fourth-order valence-electron chi connectivity index (χ4n) is 3.71. The van der Waals surface area contributed by atoms with E-state index >= 15 is 0 Å². The van der Waals surface area contributed by atoms with Gasteiger partial charge in [0.1, 0.15) is 23.5 Å². The zero-order valence-corrected chi connectivity index (χ0v) is 16.7. The van der Waals surface area contributed by atoms with Gasteiger partial charge in [0.2, 0.25) is 0 Å². The SMILES string of the molecule is COc1ccc(C2N=C(c3ccc(F)cc3)C(C)N2c2ccc(OC)cc2)cc1. The maximum Gasteiger partial charge on any atom is 0.148 e. The first-order valence-electron chi connectivity index (χ1n) is 9.50. The van der Waals surface area contributed by atoms with Crippen LogP contribution >= 0.6 is 0 Å². The molecule has 1 aliphatic rings. The third-order valence-electron chi connectivity index (χ3n) is 5.26. The summed E-state index contributed by atoms with van der Waals surface area (Å²) < 4.78 is 24.0. The summed E-state index contributed by atoms with van der Waals surface area (Å²) in [6.45, 7) is 2.12. The second kappa shape index (κ2) is 7.95. The van der Waals surface area contributed by atoms with Crippen molar-refractivity contribution in [1.82, 2.24) is 0 Å². The third-order valence-corrected chi connectivity index (χ3v) is 5.26. The van der Waals surface area contributed by atoms with E-state index < -0.39 is 0 Å². The van der Waals surface area contributed by atoms with Gasteiger partial charge >= 0.3 is 0 Å². The third kappa shape index (κ3) is 3.68. The summed E-state index contributed by atoms with van der Waals surface area (Å²) in [5, 5.41) is 0. The molecule has 1 aliphatic heterocycles. The molecule has 2 unspecified atom stereocenters. The predicted molar refractivity (Wildman–Crippen MR) is 114 cm³/mol. The molecule has 1 heterocycles. The van der Waals surface area contributed by atoms with Gasteiger partial charge in [0, 0.05) is 5.69 Å². The molecule has 4 nitrogen and oxygen atoms in total. The lowest BCUT2D eigenvalue weighted by Crippen LogP contribution is -2.35. The van der Waals surface area contributed by atoms with Crippen LogP contribution in [0.25, 0.3) is 0 Å².